The molecule has 0 radical (unpaired) electrons. The normalized spacial score (nSPS) is 25.5. The Morgan fingerprint density at radius 2 is 2.19 bits per heavy atom. The van der Waals surface area contributed by atoms with Gasteiger partial charge in [-0.3, -0.25) is 19.1 Å². The Labute approximate surface area is 150 Å². The SMILES string of the molecule is CCn1c(=O)[nH]c(=O)c2cc(C(=O)N[C@@H](C)[C@@H]3C[C@H]4CC[C@H]3C4)cnc21. The zero-order chi connectivity index (χ0) is 18.4. The molecule has 2 bridgehead atoms. The number of nitrogens with zero attached hydrogens (tertiary/aromatic N) is 2. The van der Waals surface area contributed by atoms with Crippen LogP contribution in [0.4, 0.5) is 0 Å². The molecular formula is C19H24N4O3. The lowest BCUT2D eigenvalue weighted by molar-refractivity contribution is 0.0915. The zero-order valence-electron chi connectivity index (χ0n) is 15.1. The van der Waals surface area contributed by atoms with E-state index in [9.17, 15) is 14.4 Å². The van der Waals surface area contributed by atoms with Crippen LogP contribution >= 0.6 is 0 Å². The molecule has 2 fully saturated rings. The summed E-state index contributed by atoms with van der Waals surface area (Å²) < 4.78 is 1.39. The number of fused-ring (bicyclic) bond motifs is 3. The number of pyridine rings is 1. The molecule has 2 aliphatic carbocycles. The first-order valence-corrected chi connectivity index (χ1v) is 9.41. The van der Waals surface area contributed by atoms with Crippen molar-refractivity contribution in [2.45, 2.75) is 52.1 Å². The second kappa shape index (κ2) is 6.37. The molecule has 138 valence electrons. The second-order valence-electron chi connectivity index (χ2n) is 7.70. The van der Waals surface area contributed by atoms with Crippen LogP contribution < -0.4 is 16.6 Å². The van der Waals surface area contributed by atoms with Gasteiger partial charge in [-0.05, 0) is 56.9 Å². The minimum absolute atomic E-state index is 0.108. The number of rotatable bonds is 4. The highest BCUT2D eigenvalue weighted by Crippen LogP contribution is 2.49. The Hall–Kier alpha value is -2.44. The first-order valence-electron chi connectivity index (χ1n) is 9.41. The van der Waals surface area contributed by atoms with E-state index in [-0.39, 0.29) is 17.3 Å². The minimum Gasteiger partial charge on any atom is -0.349 e. The van der Waals surface area contributed by atoms with E-state index in [0.29, 0.717) is 23.7 Å². The summed E-state index contributed by atoms with van der Waals surface area (Å²) in [5.41, 5.74) is -0.351. The number of carbonyl (C=O) groups is 1. The topological polar surface area (TPSA) is 96.9 Å². The summed E-state index contributed by atoms with van der Waals surface area (Å²) >= 11 is 0. The van der Waals surface area contributed by atoms with Gasteiger partial charge in [0.2, 0.25) is 0 Å². The van der Waals surface area contributed by atoms with Crippen molar-refractivity contribution in [1.82, 2.24) is 19.9 Å². The average molecular weight is 356 g/mol. The fourth-order valence-electron chi connectivity index (χ4n) is 4.89. The van der Waals surface area contributed by atoms with Crippen molar-refractivity contribution in [2.75, 3.05) is 0 Å². The van der Waals surface area contributed by atoms with Gasteiger partial charge in [-0.25, -0.2) is 9.78 Å². The van der Waals surface area contributed by atoms with E-state index >= 15 is 0 Å². The molecule has 2 aliphatic rings. The summed E-state index contributed by atoms with van der Waals surface area (Å²) in [5.74, 6) is 1.88. The molecule has 7 heteroatoms. The maximum atomic E-state index is 12.7. The van der Waals surface area contributed by atoms with Crippen LogP contribution in [0.3, 0.4) is 0 Å². The van der Waals surface area contributed by atoms with Gasteiger partial charge in [-0.15, -0.1) is 0 Å². The third-order valence-electron chi connectivity index (χ3n) is 6.20. The van der Waals surface area contributed by atoms with Crippen molar-refractivity contribution in [2.24, 2.45) is 17.8 Å². The highest BCUT2D eigenvalue weighted by Gasteiger charge is 2.42. The predicted octanol–water partition coefficient (Wildman–Crippen LogP) is 1.66. The number of aromatic nitrogens is 3. The van der Waals surface area contributed by atoms with Crippen molar-refractivity contribution in [1.29, 1.82) is 0 Å². The smallest absolute Gasteiger partial charge is 0.329 e. The van der Waals surface area contributed by atoms with Crippen LogP contribution in [-0.4, -0.2) is 26.5 Å². The van der Waals surface area contributed by atoms with E-state index in [1.165, 1.54) is 42.5 Å². The number of H-pyrrole nitrogens is 1. The molecule has 2 aromatic heterocycles. The summed E-state index contributed by atoms with van der Waals surface area (Å²) in [6.07, 6.45) is 6.54. The Balaban J connectivity index is 1.59. The van der Waals surface area contributed by atoms with Crippen molar-refractivity contribution in [3.05, 3.63) is 38.7 Å². The number of carbonyl (C=O) groups excluding carboxylic acids is 1. The van der Waals surface area contributed by atoms with Crippen molar-refractivity contribution in [3.8, 4) is 0 Å². The molecule has 2 N–H and O–H groups in total. The lowest BCUT2D eigenvalue weighted by Crippen LogP contribution is -2.40. The van der Waals surface area contributed by atoms with Gasteiger partial charge in [0.15, 0.2) is 0 Å². The molecule has 2 heterocycles. The molecule has 1 amide bonds. The van der Waals surface area contributed by atoms with E-state index in [1.807, 2.05) is 0 Å². The molecule has 2 saturated carbocycles. The van der Waals surface area contributed by atoms with E-state index < -0.39 is 11.2 Å². The van der Waals surface area contributed by atoms with E-state index in [4.69, 9.17) is 0 Å². The predicted molar refractivity (Wildman–Crippen MR) is 98.2 cm³/mol. The molecule has 0 aliphatic heterocycles. The summed E-state index contributed by atoms with van der Waals surface area (Å²) in [6, 6.07) is 1.63. The average Bonchev–Trinajstić information content (AvgIpc) is 3.25. The zero-order valence-corrected chi connectivity index (χ0v) is 15.1. The number of amides is 1. The van der Waals surface area contributed by atoms with Crippen molar-refractivity contribution >= 4 is 16.9 Å². The third kappa shape index (κ3) is 2.75. The largest absolute Gasteiger partial charge is 0.349 e. The molecule has 4 rings (SSSR count). The van der Waals surface area contributed by atoms with Crippen LogP contribution in [0, 0.1) is 17.8 Å². The van der Waals surface area contributed by atoms with E-state index in [1.54, 1.807) is 6.92 Å². The molecule has 0 spiro atoms. The molecule has 7 nitrogen and oxygen atoms in total. The Morgan fingerprint density at radius 3 is 2.85 bits per heavy atom. The van der Waals surface area contributed by atoms with Gasteiger partial charge in [0.1, 0.15) is 5.65 Å². The standard InChI is InChI=1S/C19H24N4O3/c1-3-23-16-15(18(25)22-19(23)26)8-13(9-20-16)17(24)21-10(2)14-7-11-4-5-12(14)6-11/h8-12,14H,3-7H2,1-2H3,(H,21,24)(H,22,25,26)/t10-,11-,12-,14-/m0/s1. The monoisotopic (exact) mass is 356 g/mol. The van der Waals surface area contributed by atoms with Crippen LogP contribution in [0.5, 0.6) is 0 Å². The highest BCUT2D eigenvalue weighted by molar-refractivity contribution is 5.96. The minimum atomic E-state index is -0.516. The third-order valence-corrected chi connectivity index (χ3v) is 6.20. The summed E-state index contributed by atoms with van der Waals surface area (Å²) in [7, 11) is 0. The van der Waals surface area contributed by atoms with Crippen LogP contribution in [0.2, 0.25) is 0 Å². The van der Waals surface area contributed by atoms with Crippen LogP contribution in [0.1, 0.15) is 49.9 Å². The van der Waals surface area contributed by atoms with Crippen LogP contribution in [-0.2, 0) is 6.54 Å². The lowest BCUT2D eigenvalue weighted by atomic mass is 9.84. The number of aromatic amines is 1. The number of hydrogen-bond acceptors (Lipinski definition) is 4. The van der Waals surface area contributed by atoms with Crippen molar-refractivity contribution in [3.63, 3.8) is 0 Å². The van der Waals surface area contributed by atoms with E-state index in [2.05, 4.69) is 22.2 Å². The molecule has 4 atom stereocenters. The number of nitrogens with one attached hydrogen (secondary N) is 2. The number of hydrogen-bond donors (Lipinski definition) is 2. The maximum Gasteiger partial charge on any atom is 0.329 e. The van der Waals surface area contributed by atoms with Gasteiger partial charge in [0, 0.05) is 18.8 Å². The lowest BCUT2D eigenvalue weighted by Gasteiger charge is -2.28. The fourth-order valence-corrected chi connectivity index (χ4v) is 4.89. The second-order valence-corrected chi connectivity index (χ2v) is 7.70. The number of aryl methyl sites for hydroxylation is 1. The van der Waals surface area contributed by atoms with Crippen LogP contribution in [0.15, 0.2) is 21.9 Å². The first-order chi connectivity index (χ1) is 12.5. The Morgan fingerprint density at radius 1 is 1.38 bits per heavy atom. The molecule has 2 aromatic rings. The molecule has 26 heavy (non-hydrogen) atoms. The van der Waals surface area contributed by atoms with Gasteiger partial charge < -0.3 is 5.32 Å². The van der Waals surface area contributed by atoms with Gasteiger partial charge >= 0.3 is 5.69 Å². The van der Waals surface area contributed by atoms with Gasteiger partial charge in [-0.2, -0.15) is 0 Å². The van der Waals surface area contributed by atoms with Gasteiger partial charge in [0.05, 0.1) is 10.9 Å². The van der Waals surface area contributed by atoms with Crippen LogP contribution in [0.25, 0.3) is 11.0 Å². The summed E-state index contributed by atoms with van der Waals surface area (Å²) in [5, 5.41) is 3.34. The Bertz CT molecular complexity index is 977. The fraction of sp³-hybridized carbons (Fsp3) is 0.579. The molecule has 0 aromatic carbocycles. The quantitative estimate of drug-likeness (QED) is 0.871. The molecule has 0 saturated heterocycles. The first kappa shape index (κ1) is 17.0. The van der Waals surface area contributed by atoms with Crippen molar-refractivity contribution < 1.29 is 4.79 Å². The molecular weight excluding hydrogens is 332 g/mol. The summed E-state index contributed by atoms with van der Waals surface area (Å²) in [4.78, 5) is 43.1. The molecule has 0 unspecified atom stereocenters. The summed E-state index contributed by atoms with van der Waals surface area (Å²) in [6.45, 7) is 4.27. The maximum absolute atomic E-state index is 12.7. The van der Waals surface area contributed by atoms with Gasteiger partial charge in [0.25, 0.3) is 11.5 Å². The highest BCUT2D eigenvalue weighted by atomic mass is 16.2. The Kier molecular flexibility index (Phi) is 4.17. The van der Waals surface area contributed by atoms with E-state index in [0.717, 1.165) is 11.8 Å². The van der Waals surface area contributed by atoms with Gasteiger partial charge in [-0.1, -0.05) is 6.42 Å².